The fraction of sp³-hybridized carbons (Fsp3) is 0.529. The van der Waals surface area contributed by atoms with Gasteiger partial charge in [0.15, 0.2) is 0 Å². The Kier molecular flexibility index (Phi) is 5.70. The smallest absolute Gasteiger partial charge is 0.306 e. The van der Waals surface area contributed by atoms with Crippen LogP contribution in [-0.4, -0.2) is 18.6 Å². The van der Waals surface area contributed by atoms with Crippen LogP contribution in [0.1, 0.15) is 44.1 Å². The summed E-state index contributed by atoms with van der Waals surface area (Å²) < 4.78 is 5.36. The number of benzene rings is 1. The van der Waals surface area contributed by atoms with Crippen molar-refractivity contribution in [1.29, 1.82) is 0 Å². The molecule has 0 N–H and O–H groups in total. The van der Waals surface area contributed by atoms with E-state index in [0.29, 0.717) is 19.6 Å². The van der Waals surface area contributed by atoms with Crippen molar-refractivity contribution in [2.24, 2.45) is 10.4 Å². The summed E-state index contributed by atoms with van der Waals surface area (Å²) in [6.07, 6.45) is 7.14. The van der Waals surface area contributed by atoms with Crippen molar-refractivity contribution in [3.8, 4) is 0 Å². The van der Waals surface area contributed by atoms with E-state index in [2.05, 4.69) is 4.99 Å². The third-order valence-electron chi connectivity index (χ3n) is 4.16. The third-order valence-corrected chi connectivity index (χ3v) is 4.16. The lowest BCUT2D eigenvalue weighted by atomic mass is 9.72. The maximum atomic E-state index is 12.1. The van der Waals surface area contributed by atoms with Crippen molar-refractivity contribution < 1.29 is 14.3 Å². The van der Waals surface area contributed by atoms with E-state index in [-0.39, 0.29) is 11.4 Å². The van der Waals surface area contributed by atoms with Gasteiger partial charge in [-0.05, 0) is 18.4 Å². The molecule has 0 unspecified atom stereocenters. The first-order chi connectivity index (χ1) is 10.2. The Labute approximate surface area is 125 Å². The second kappa shape index (κ2) is 7.75. The van der Waals surface area contributed by atoms with Gasteiger partial charge in [-0.15, -0.1) is 0 Å². The second-order valence-electron chi connectivity index (χ2n) is 5.79. The zero-order valence-electron chi connectivity index (χ0n) is 12.2. The molecule has 0 amide bonds. The van der Waals surface area contributed by atoms with E-state index in [1.807, 2.05) is 30.3 Å². The molecule has 0 radical (unpaired) electrons. The van der Waals surface area contributed by atoms with Crippen LogP contribution >= 0.6 is 0 Å². The van der Waals surface area contributed by atoms with Crippen LogP contribution in [0.25, 0.3) is 0 Å². The van der Waals surface area contributed by atoms with Crippen LogP contribution in [0.4, 0.5) is 0 Å². The van der Waals surface area contributed by atoms with Crippen LogP contribution in [0.5, 0.6) is 0 Å². The summed E-state index contributed by atoms with van der Waals surface area (Å²) in [5.74, 6) is -0.207. The summed E-state index contributed by atoms with van der Waals surface area (Å²) in [6, 6.07) is 9.63. The highest BCUT2D eigenvalue weighted by atomic mass is 16.5. The molecule has 1 aromatic carbocycles. The molecular formula is C17H21NO3. The van der Waals surface area contributed by atoms with Crippen molar-refractivity contribution in [1.82, 2.24) is 0 Å². The van der Waals surface area contributed by atoms with E-state index >= 15 is 0 Å². The molecule has 0 bridgehead atoms. The van der Waals surface area contributed by atoms with Gasteiger partial charge < -0.3 is 4.74 Å². The van der Waals surface area contributed by atoms with Gasteiger partial charge in [-0.2, -0.15) is 0 Å². The minimum Gasteiger partial charge on any atom is -0.461 e. The summed E-state index contributed by atoms with van der Waals surface area (Å²) in [6.45, 7) is 0.684. The van der Waals surface area contributed by atoms with E-state index in [1.165, 1.54) is 6.42 Å². The number of rotatable bonds is 6. The number of carbonyl (C=O) groups excluding carboxylic acids is 2. The van der Waals surface area contributed by atoms with Crippen LogP contribution in [0, 0.1) is 5.41 Å². The average Bonchev–Trinajstić information content (AvgIpc) is 2.53. The summed E-state index contributed by atoms with van der Waals surface area (Å²) >= 11 is 0. The van der Waals surface area contributed by atoms with Crippen molar-refractivity contribution in [3.63, 3.8) is 0 Å². The Morgan fingerprint density at radius 3 is 2.57 bits per heavy atom. The van der Waals surface area contributed by atoms with Crippen LogP contribution in [-0.2, 0) is 20.9 Å². The van der Waals surface area contributed by atoms with Gasteiger partial charge in [0, 0.05) is 5.41 Å². The number of isocyanates is 1. The molecule has 0 aliphatic heterocycles. The van der Waals surface area contributed by atoms with Crippen molar-refractivity contribution in [2.45, 2.75) is 45.1 Å². The summed E-state index contributed by atoms with van der Waals surface area (Å²) in [4.78, 5) is 26.2. The van der Waals surface area contributed by atoms with E-state index in [0.717, 1.165) is 31.2 Å². The van der Waals surface area contributed by atoms with Crippen molar-refractivity contribution >= 4 is 12.0 Å². The van der Waals surface area contributed by atoms with Gasteiger partial charge in [0.25, 0.3) is 0 Å². The van der Waals surface area contributed by atoms with Crippen molar-refractivity contribution in [2.75, 3.05) is 6.54 Å². The molecule has 1 aliphatic carbocycles. The number of carbonyl (C=O) groups is 1. The topological polar surface area (TPSA) is 55.7 Å². The molecule has 0 spiro atoms. The van der Waals surface area contributed by atoms with Gasteiger partial charge >= 0.3 is 5.97 Å². The first-order valence-corrected chi connectivity index (χ1v) is 7.47. The molecule has 1 fully saturated rings. The lowest BCUT2D eigenvalue weighted by molar-refractivity contribution is -0.148. The molecule has 0 heterocycles. The molecule has 1 saturated carbocycles. The lowest BCUT2D eigenvalue weighted by Crippen LogP contribution is -2.31. The predicted octanol–water partition coefficient (Wildman–Crippen LogP) is 3.41. The van der Waals surface area contributed by atoms with Crippen LogP contribution in [0.2, 0.25) is 0 Å². The Balaban J connectivity index is 1.90. The summed E-state index contributed by atoms with van der Waals surface area (Å²) in [7, 11) is 0. The van der Waals surface area contributed by atoms with Crippen LogP contribution in [0.3, 0.4) is 0 Å². The average molecular weight is 287 g/mol. The Hall–Kier alpha value is -1.93. The van der Waals surface area contributed by atoms with Gasteiger partial charge in [-0.25, -0.2) is 9.79 Å². The fourth-order valence-corrected chi connectivity index (χ4v) is 2.99. The highest BCUT2D eigenvalue weighted by molar-refractivity contribution is 5.70. The third kappa shape index (κ3) is 4.83. The van der Waals surface area contributed by atoms with E-state index in [4.69, 9.17) is 4.74 Å². The summed E-state index contributed by atoms with van der Waals surface area (Å²) in [5, 5.41) is 0. The predicted molar refractivity (Wildman–Crippen MR) is 79.4 cm³/mol. The van der Waals surface area contributed by atoms with Crippen LogP contribution in [0.15, 0.2) is 35.3 Å². The highest BCUT2D eigenvalue weighted by Gasteiger charge is 2.34. The van der Waals surface area contributed by atoms with Gasteiger partial charge in [-0.1, -0.05) is 49.6 Å². The Bertz CT molecular complexity index is 500. The zero-order valence-corrected chi connectivity index (χ0v) is 12.2. The maximum absolute atomic E-state index is 12.1. The highest BCUT2D eigenvalue weighted by Crippen LogP contribution is 2.39. The molecule has 0 atom stereocenters. The first-order valence-electron chi connectivity index (χ1n) is 7.47. The maximum Gasteiger partial charge on any atom is 0.306 e. The molecular weight excluding hydrogens is 266 g/mol. The largest absolute Gasteiger partial charge is 0.461 e. The van der Waals surface area contributed by atoms with E-state index < -0.39 is 0 Å². The Morgan fingerprint density at radius 1 is 1.19 bits per heavy atom. The standard InChI is InChI=1S/C17H21NO3/c19-14-18-13-17(9-5-2-6-10-17)11-16(20)21-12-15-7-3-1-4-8-15/h1,3-4,7-8H,2,5-6,9-13H2. The number of ether oxygens (including phenoxy) is 1. The molecule has 112 valence electrons. The zero-order chi connectivity index (χ0) is 15.0. The minimum atomic E-state index is -0.207. The molecule has 21 heavy (non-hydrogen) atoms. The number of nitrogens with zero attached hydrogens (tertiary/aromatic N) is 1. The number of esters is 1. The second-order valence-corrected chi connectivity index (χ2v) is 5.79. The van der Waals surface area contributed by atoms with Crippen molar-refractivity contribution in [3.05, 3.63) is 35.9 Å². The molecule has 0 saturated heterocycles. The van der Waals surface area contributed by atoms with E-state index in [9.17, 15) is 9.59 Å². The van der Waals surface area contributed by atoms with Gasteiger partial charge in [0.1, 0.15) is 6.61 Å². The van der Waals surface area contributed by atoms with Crippen LogP contribution < -0.4 is 0 Å². The summed E-state index contributed by atoms with van der Waals surface area (Å²) in [5.41, 5.74) is 0.776. The molecule has 1 aliphatic rings. The molecule has 1 aromatic rings. The van der Waals surface area contributed by atoms with Gasteiger partial charge in [0.2, 0.25) is 6.08 Å². The van der Waals surface area contributed by atoms with Gasteiger partial charge in [-0.3, -0.25) is 4.79 Å². The lowest BCUT2D eigenvalue weighted by Gasteiger charge is -2.34. The van der Waals surface area contributed by atoms with Gasteiger partial charge in [0.05, 0.1) is 13.0 Å². The number of hydrogen-bond acceptors (Lipinski definition) is 4. The molecule has 4 nitrogen and oxygen atoms in total. The Morgan fingerprint density at radius 2 is 1.90 bits per heavy atom. The molecule has 2 rings (SSSR count). The fourth-order valence-electron chi connectivity index (χ4n) is 2.99. The molecule has 0 aromatic heterocycles. The van der Waals surface area contributed by atoms with E-state index in [1.54, 1.807) is 6.08 Å². The first kappa shape index (κ1) is 15.5. The monoisotopic (exact) mass is 287 g/mol. The normalized spacial score (nSPS) is 16.8. The number of hydrogen-bond donors (Lipinski definition) is 0. The number of aliphatic imine (C=N–C) groups is 1. The molecule has 4 heteroatoms. The SMILES string of the molecule is O=C=NCC1(CC(=O)OCc2ccccc2)CCCCC1. The minimum absolute atomic E-state index is 0.205. The quantitative estimate of drug-likeness (QED) is 0.458.